The van der Waals surface area contributed by atoms with Crippen LogP contribution in [0, 0.1) is 0 Å². The van der Waals surface area contributed by atoms with E-state index in [1.807, 2.05) is 27.7 Å². The molecule has 0 heterocycles. The van der Waals surface area contributed by atoms with E-state index in [1.165, 1.54) is 4.31 Å². The Labute approximate surface area is 64.8 Å². The van der Waals surface area contributed by atoms with Gasteiger partial charge >= 0.3 is 0 Å². The van der Waals surface area contributed by atoms with Crippen molar-refractivity contribution in [3.05, 3.63) is 0 Å². The van der Waals surface area contributed by atoms with Crippen LogP contribution in [-0.4, -0.2) is 25.2 Å². The lowest BCUT2D eigenvalue weighted by Gasteiger charge is -2.25. The molecule has 0 aromatic heterocycles. The first-order valence-electron chi connectivity index (χ1n) is 3.36. The lowest BCUT2D eigenvalue weighted by Crippen LogP contribution is -2.38. The molecule has 0 aliphatic carbocycles. The Morgan fingerprint density at radius 1 is 1.20 bits per heavy atom. The number of hydrogen-bond acceptors (Lipinski definition) is 1. The summed E-state index contributed by atoms with van der Waals surface area (Å²) in [6.45, 7) is 7.59. The molecule has 0 aromatic rings. The summed E-state index contributed by atoms with van der Waals surface area (Å²) in [5.74, 6) is 0. The molecule has 3 nitrogen and oxygen atoms in total. The van der Waals surface area contributed by atoms with Gasteiger partial charge in [0.15, 0.2) is 0 Å². The molecule has 0 rings (SSSR count). The van der Waals surface area contributed by atoms with Gasteiger partial charge in [-0.3, -0.25) is 4.55 Å². The second kappa shape index (κ2) is 4.05. The molecule has 0 radical (unpaired) electrons. The Bertz CT molecular complexity index is 117. The first kappa shape index (κ1) is 10.1. The maximum Gasteiger partial charge on any atom is 0.234 e. The SMILES string of the molecule is CC(C)N(C(C)C)S(=O)O. The summed E-state index contributed by atoms with van der Waals surface area (Å²) in [4.78, 5) is 0. The maximum absolute atomic E-state index is 10.6. The van der Waals surface area contributed by atoms with Gasteiger partial charge < -0.3 is 0 Å². The van der Waals surface area contributed by atoms with E-state index in [9.17, 15) is 4.21 Å². The van der Waals surface area contributed by atoms with Crippen LogP contribution >= 0.6 is 0 Å². The summed E-state index contributed by atoms with van der Waals surface area (Å²) < 4.78 is 20.9. The molecule has 62 valence electrons. The maximum atomic E-state index is 10.6. The molecule has 4 heteroatoms. The minimum Gasteiger partial charge on any atom is -0.294 e. The Kier molecular flexibility index (Phi) is 4.08. The lowest BCUT2D eigenvalue weighted by molar-refractivity contribution is 0.295. The second-order valence-electron chi connectivity index (χ2n) is 2.78. The van der Waals surface area contributed by atoms with Crippen LogP contribution in [0.4, 0.5) is 0 Å². The first-order chi connectivity index (χ1) is 4.46. The zero-order chi connectivity index (χ0) is 8.31. The van der Waals surface area contributed by atoms with Crippen LogP contribution in [0.3, 0.4) is 0 Å². The Balaban J connectivity index is 4.12. The van der Waals surface area contributed by atoms with Crippen molar-refractivity contribution in [2.24, 2.45) is 0 Å². The standard InChI is InChI=1S/C6H15NO2S/c1-5(2)7(6(3)4)10(8)9/h5-6H,1-4H3,(H,8,9). The van der Waals surface area contributed by atoms with Crippen molar-refractivity contribution >= 4 is 11.3 Å². The summed E-state index contributed by atoms with van der Waals surface area (Å²) in [5, 5.41) is 0. The highest BCUT2D eigenvalue weighted by Crippen LogP contribution is 2.05. The van der Waals surface area contributed by atoms with Gasteiger partial charge in [0, 0.05) is 12.1 Å². The quantitative estimate of drug-likeness (QED) is 0.639. The van der Waals surface area contributed by atoms with E-state index < -0.39 is 11.3 Å². The molecule has 0 amide bonds. The Morgan fingerprint density at radius 3 is 1.50 bits per heavy atom. The average Bonchev–Trinajstić information content (AvgIpc) is 1.59. The fraction of sp³-hybridized carbons (Fsp3) is 1.00. The molecule has 0 aliphatic heterocycles. The van der Waals surface area contributed by atoms with Crippen LogP contribution in [-0.2, 0) is 11.3 Å². The van der Waals surface area contributed by atoms with Gasteiger partial charge in [-0.2, -0.15) is 4.31 Å². The summed E-state index contributed by atoms with van der Waals surface area (Å²) in [6, 6.07) is 0.233. The lowest BCUT2D eigenvalue weighted by atomic mass is 10.3. The van der Waals surface area contributed by atoms with Crippen LogP contribution in [0.5, 0.6) is 0 Å². The topological polar surface area (TPSA) is 40.5 Å². The molecule has 0 spiro atoms. The smallest absolute Gasteiger partial charge is 0.234 e. The highest BCUT2D eigenvalue weighted by Gasteiger charge is 2.17. The predicted octanol–water partition coefficient (Wildman–Crippen LogP) is 1.24. The number of hydrogen-bond donors (Lipinski definition) is 1. The van der Waals surface area contributed by atoms with E-state index in [2.05, 4.69) is 0 Å². The molecule has 1 atom stereocenters. The van der Waals surface area contributed by atoms with Crippen molar-refractivity contribution in [2.75, 3.05) is 0 Å². The molecule has 0 aromatic carbocycles. The largest absolute Gasteiger partial charge is 0.294 e. The molecular formula is C6H15NO2S. The first-order valence-corrected chi connectivity index (χ1v) is 4.42. The van der Waals surface area contributed by atoms with E-state index in [1.54, 1.807) is 0 Å². The van der Waals surface area contributed by atoms with Crippen LogP contribution in [0.2, 0.25) is 0 Å². The minimum absolute atomic E-state index is 0.117. The average molecular weight is 165 g/mol. The highest BCUT2D eigenvalue weighted by molar-refractivity contribution is 7.76. The van der Waals surface area contributed by atoms with Crippen molar-refractivity contribution in [1.82, 2.24) is 4.31 Å². The summed E-state index contributed by atoms with van der Waals surface area (Å²) in [5.41, 5.74) is 0. The molecule has 10 heavy (non-hydrogen) atoms. The van der Waals surface area contributed by atoms with Crippen LogP contribution in [0.1, 0.15) is 27.7 Å². The second-order valence-corrected chi connectivity index (χ2v) is 3.66. The van der Waals surface area contributed by atoms with Gasteiger partial charge in [0.05, 0.1) is 0 Å². The molecule has 1 unspecified atom stereocenters. The van der Waals surface area contributed by atoms with Crippen LogP contribution in [0.25, 0.3) is 0 Å². The van der Waals surface area contributed by atoms with E-state index in [0.29, 0.717) is 0 Å². The monoisotopic (exact) mass is 165 g/mol. The van der Waals surface area contributed by atoms with E-state index >= 15 is 0 Å². The fourth-order valence-corrected chi connectivity index (χ4v) is 1.68. The summed E-state index contributed by atoms with van der Waals surface area (Å²) in [7, 11) is 0. The molecule has 0 aliphatic rings. The van der Waals surface area contributed by atoms with E-state index in [4.69, 9.17) is 4.55 Å². The van der Waals surface area contributed by atoms with Gasteiger partial charge in [-0.1, -0.05) is 0 Å². The normalized spacial score (nSPS) is 15.2. The van der Waals surface area contributed by atoms with Gasteiger partial charge in [-0.05, 0) is 27.7 Å². The van der Waals surface area contributed by atoms with Gasteiger partial charge in [-0.25, -0.2) is 4.21 Å². The minimum atomic E-state index is -1.83. The third-order valence-corrected chi connectivity index (χ3v) is 2.40. The third-order valence-electron chi connectivity index (χ3n) is 1.20. The van der Waals surface area contributed by atoms with E-state index in [-0.39, 0.29) is 12.1 Å². The van der Waals surface area contributed by atoms with E-state index in [0.717, 1.165) is 0 Å². The van der Waals surface area contributed by atoms with Crippen molar-refractivity contribution in [1.29, 1.82) is 0 Å². The van der Waals surface area contributed by atoms with Crippen LogP contribution < -0.4 is 0 Å². The molecule has 0 bridgehead atoms. The zero-order valence-corrected chi connectivity index (χ0v) is 7.68. The molecule has 1 N–H and O–H groups in total. The Morgan fingerprint density at radius 2 is 1.50 bits per heavy atom. The van der Waals surface area contributed by atoms with Crippen molar-refractivity contribution in [3.8, 4) is 0 Å². The number of nitrogens with zero attached hydrogens (tertiary/aromatic N) is 1. The summed E-state index contributed by atoms with van der Waals surface area (Å²) >= 11 is -1.83. The molecule has 0 saturated carbocycles. The molecule has 0 saturated heterocycles. The Hall–Kier alpha value is 0.0700. The predicted molar refractivity (Wildman–Crippen MR) is 42.9 cm³/mol. The zero-order valence-electron chi connectivity index (χ0n) is 6.87. The number of rotatable bonds is 3. The summed E-state index contributed by atoms with van der Waals surface area (Å²) in [6.07, 6.45) is 0. The third kappa shape index (κ3) is 2.77. The van der Waals surface area contributed by atoms with Gasteiger partial charge in [0.2, 0.25) is 11.3 Å². The van der Waals surface area contributed by atoms with Crippen LogP contribution in [0.15, 0.2) is 0 Å². The molecular weight excluding hydrogens is 150 g/mol. The molecule has 0 fully saturated rings. The van der Waals surface area contributed by atoms with Gasteiger partial charge in [0.25, 0.3) is 0 Å². The fourth-order valence-electron chi connectivity index (χ4n) is 0.957. The van der Waals surface area contributed by atoms with Crippen molar-refractivity contribution < 1.29 is 8.76 Å². The van der Waals surface area contributed by atoms with Crippen molar-refractivity contribution in [2.45, 2.75) is 39.8 Å². The van der Waals surface area contributed by atoms with Gasteiger partial charge in [0.1, 0.15) is 0 Å². The van der Waals surface area contributed by atoms with Crippen molar-refractivity contribution in [3.63, 3.8) is 0 Å². The highest BCUT2D eigenvalue weighted by atomic mass is 32.2. The van der Waals surface area contributed by atoms with Gasteiger partial charge in [-0.15, -0.1) is 0 Å².